The van der Waals surface area contributed by atoms with Gasteiger partial charge in [-0.2, -0.15) is 0 Å². The second-order valence-corrected chi connectivity index (χ2v) is 10.0. The van der Waals surface area contributed by atoms with Crippen LogP contribution in [0.4, 0.5) is 0 Å². The van der Waals surface area contributed by atoms with Gasteiger partial charge in [0.1, 0.15) is 18.0 Å². The van der Waals surface area contributed by atoms with E-state index in [1.54, 1.807) is 31.2 Å². The summed E-state index contributed by atoms with van der Waals surface area (Å²) < 4.78 is 12.1. The van der Waals surface area contributed by atoms with Crippen LogP contribution in [0.5, 0.6) is 11.5 Å². The number of carbonyl (C=O) groups is 2. The maximum absolute atomic E-state index is 13.8. The number of carboxylic acids is 1. The molecule has 0 saturated carbocycles. The van der Waals surface area contributed by atoms with Gasteiger partial charge in [-0.1, -0.05) is 29.8 Å². The van der Waals surface area contributed by atoms with Crippen molar-refractivity contribution < 1.29 is 28.7 Å². The number of fused-ring (bicyclic) bond motifs is 2. The first-order valence-corrected chi connectivity index (χ1v) is 12.0. The normalized spacial score (nSPS) is 22.1. The molecule has 3 aromatic carbocycles. The van der Waals surface area contributed by atoms with Gasteiger partial charge in [-0.15, -0.1) is 0 Å². The number of carboxylic acid groups (broad SMARTS) is 1. The van der Waals surface area contributed by atoms with Gasteiger partial charge in [-0.25, -0.2) is 14.1 Å². The van der Waals surface area contributed by atoms with E-state index in [4.69, 9.17) is 21.1 Å². The molecule has 1 N–H and O–H groups in total. The van der Waals surface area contributed by atoms with Gasteiger partial charge in [-0.05, 0) is 80.8 Å². The molecule has 2 heterocycles. The van der Waals surface area contributed by atoms with Crippen molar-refractivity contribution in [3.63, 3.8) is 0 Å². The van der Waals surface area contributed by atoms with E-state index < -0.39 is 5.97 Å². The second kappa shape index (κ2) is 8.40. The predicted octanol–water partition coefficient (Wildman–Crippen LogP) is 6.08. The summed E-state index contributed by atoms with van der Waals surface area (Å²) in [5.74, 6) is 0.342. The summed E-state index contributed by atoms with van der Waals surface area (Å²) in [6.45, 7) is 8.14. The van der Waals surface area contributed by atoms with Crippen LogP contribution in [0.25, 0.3) is 11.1 Å². The maximum Gasteiger partial charge on any atom is 0.351 e. The Kier molecular flexibility index (Phi) is 5.61. The Morgan fingerprint density at radius 2 is 1.77 bits per heavy atom. The third-order valence-electron chi connectivity index (χ3n) is 6.97. The molecule has 3 aromatic rings. The van der Waals surface area contributed by atoms with Gasteiger partial charge in [-0.3, -0.25) is 0 Å². The summed E-state index contributed by atoms with van der Waals surface area (Å²) in [6.07, 6.45) is -0.256. The Hall–Kier alpha value is -3.35. The summed E-state index contributed by atoms with van der Waals surface area (Å²) in [5.41, 5.74) is 4.02. The molecule has 180 valence electrons. The second-order valence-electron chi connectivity index (χ2n) is 9.61. The molecule has 1 saturated heterocycles. The lowest BCUT2D eigenvalue weighted by atomic mass is 9.97. The number of benzene rings is 3. The zero-order valence-corrected chi connectivity index (χ0v) is 20.8. The molecule has 2 aliphatic heterocycles. The fraction of sp³-hybridized carbons (Fsp3) is 0.286. The number of hydrogen-bond donors (Lipinski definition) is 1. The fourth-order valence-electron chi connectivity index (χ4n) is 5.00. The molecule has 0 radical (unpaired) electrons. The monoisotopic (exact) mass is 492 g/mol. The van der Waals surface area contributed by atoms with E-state index in [0.717, 1.165) is 22.4 Å². The average Bonchev–Trinajstić information content (AvgIpc) is 3.40. The molecule has 7 heteroatoms. The highest BCUT2D eigenvalue weighted by atomic mass is 35.5. The number of rotatable bonds is 5. The zero-order chi connectivity index (χ0) is 25.1. The molecule has 1 amide bonds. The van der Waals surface area contributed by atoms with Crippen LogP contribution in [-0.4, -0.2) is 39.8 Å². The van der Waals surface area contributed by atoms with Crippen molar-refractivity contribution in [2.75, 3.05) is 0 Å². The minimum absolute atomic E-state index is 0.00683. The lowest BCUT2D eigenvalue weighted by Gasteiger charge is -2.25. The molecule has 0 bridgehead atoms. The van der Waals surface area contributed by atoms with E-state index in [1.807, 2.05) is 51.1 Å². The molecule has 5 rings (SSSR count). The van der Waals surface area contributed by atoms with Crippen molar-refractivity contribution in [1.29, 1.82) is 0 Å². The van der Waals surface area contributed by atoms with E-state index in [1.165, 1.54) is 0 Å². The number of quaternary nitrogens is 1. The summed E-state index contributed by atoms with van der Waals surface area (Å²) in [7, 11) is 0. The van der Waals surface area contributed by atoms with Crippen molar-refractivity contribution in [1.82, 2.24) is 0 Å². The molecular weight excluding hydrogens is 466 g/mol. The number of ether oxygens (including phenoxy) is 2. The molecule has 6 nitrogen and oxygen atoms in total. The average molecular weight is 493 g/mol. The number of hydrogen-bond acceptors (Lipinski definition) is 4. The number of carbonyl (C=O) groups excluding carboxylic acids is 1. The van der Waals surface area contributed by atoms with Crippen LogP contribution in [-0.2, 0) is 6.54 Å². The number of halogens is 1. The van der Waals surface area contributed by atoms with Gasteiger partial charge < -0.3 is 14.6 Å². The molecule has 0 spiro atoms. The topological polar surface area (TPSA) is 72.8 Å². The molecule has 0 aromatic heterocycles. The molecule has 1 fully saturated rings. The van der Waals surface area contributed by atoms with Crippen LogP contribution in [0.3, 0.4) is 0 Å². The van der Waals surface area contributed by atoms with Crippen LogP contribution < -0.4 is 9.47 Å². The quantitative estimate of drug-likeness (QED) is 0.345. The van der Waals surface area contributed by atoms with Gasteiger partial charge in [0.2, 0.25) is 0 Å². The zero-order valence-electron chi connectivity index (χ0n) is 20.0. The summed E-state index contributed by atoms with van der Waals surface area (Å²) in [4.78, 5) is 25.3. The van der Waals surface area contributed by atoms with Crippen LogP contribution in [0.15, 0.2) is 54.6 Å². The predicted molar refractivity (Wildman–Crippen MR) is 133 cm³/mol. The van der Waals surface area contributed by atoms with Crippen molar-refractivity contribution in [2.24, 2.45) is 0 Å². The van der Waals surface area contributed by atoms with E-state index in [0.29, 0.717) is 28.4 Å². The summed E-state index contributed by atoms with van der Waals surface area (Å²) >= 11 is 6.51. The van der Waals surface area contributed by atoms with Crippen molar-refractivity contribution in [3.8, 4) is 22.6 Å². The van der Waals surface area contributed by atoms with Crippen molar-refractivity contribution >= 4 is 23.5 Å². The first-order chi connectivity index (χ1) is 16.6. The van der Waals surface area contributed by atoms with Crippen molar-refractivity contribution in [3.05, 3.63) is 81.9 Å². The van der Waals surface area contributed by atoms with Crippen LogP contribution >= 0.6 is 11.6 Å². The lowest BCUT2D eigenvalue weighted by molar-refractivity contribution is -0.770. The third-order valence-corrected chi connectivity index (χ3v) is 7.28. The van der Waals surface area contributed by atoms with Crippen LogP contribution in [0, 0.1) is 6.92 Å². The minimum atomic E-state index is -0.955. The van der Waals surface area contributed by atoms with E-state index in [-0.39, 0.29) is 34.3 Å². The van der Waals surface area contributed by atoms with E-state index in [9.17, 15) is 14.7 Å². The largest absolute Gasteiger partial charge is 0.491 e. The number of aromatic carboxylic acids is 1. The standard InChI is InChI=1S/C28H26ClNO5/c1-15(2)34-21-8-9-22(24(29)13-21)26(31)30-14-20-11-18(7-10-25(20)35-27(30)17(30)4)19-6-5-16(3)23(12-19)28(32)33/h5-13,15,17,27H,14H2,1-4H3/p+1. The van der Waals surface area contributed by atoms with Gasteiger partial charge in [0.25, 0.3) is 6.23 Å². The number of amides is 1. The van der Waals surface area contributed by atoms with Crippen LogP contribution in [0.2, 0.25) is 5.02 Å². The summed E-state index contributed by atoms with van der Waals surface area (Å²) in [5, 5.41) is 9.87. The molecule has 3 atom stereocenters. The highest BCUT2D eigenvalue weighted by Gasteiger charge is 2.73. The Labute approximate surface area is 209 Å². The molecule has 35 heavy (non-hydrogen) atoms. The molecule has 3 unspecified atom stereocenters. The first-order valence-electron chi connectivity index (χ1n) is 11.6. The number of nitrogens with zero attached hydrogens (tertiary/aromatic N) is 1. The minimum Gasteiger partial charge on any atom is -0.491 e. The van der Waals surface area contributed by atoms with Crippen molar-refractivity contribution in [2.45, 2.75) is 52.6 Å². The fourth-order valence-corrected chi connectivity index (χ4v) is 5.25. The van der Waals surface area contributed by atoms with Gasteiger partial charge >= 0.3 is 11.9 Å². The Morgan fingerprint density at radius 3 is 2.46 bits per heavy atom. The lowest BCUT2D eigenvalue weighted by Crippen LogP contribution is -2.40. The third kappa shape index (κ3) is 3.87. The first kappa shape index (κ1) is 23.4. The highest BCUT2D eigenvalue weighted by molar-refractivity contribution is 6.33. The van der Waals surface area contributed by atoms with Gasteiger partial charge in [0.15, 0.2) is 6.04 Å². The molecular formula is C28H27ClNO5+. The smallest absolute Gasteiger partial charge is 0.351 e. The molecule has 0 aliphatic carbocycles. The van der Waals surface area contributed by atoms with Gasteiger partial charge in [0, 0.05) is 5.56 Å². The number of aryl methyl sites for hydroxylation is 1. The van der Waals surface area contributed by atoms with Crippen LogP contribution in [0.1, 0.15) is 52.6 Å². The van der Waals surface area contributed by atoms with E-state index in [2.05, 4.69) is 0 Å². The Morgan fingerprint density at radius 1 is 1.06 bits per heavy atom. The Bertz CT molecular complexity index is 1370. The van der Waals surface area contributed by atoms with E-state index >= 15 is 0 Å². The van der Waals surface area contributed by atoms with Gasteiger partial charge in [0.05, 0.1) is 22.3 Å². The maximum atomic E-state index is 13.8. The highest BCUT2D eigenvalue weighted by Crippen LogP contribution is 2.51. The molecule has 2 aliphatic rings. The SMILES string of the molecule is Cc1ccc(-c2ccc3c(c2)C[N+]2(C(=O)c4ccc(OC(C)C)cc4Cl)C(C)C2O3)cc1C(=O)O. The Balaban J connectivity index is 1.47. The summed E-state index contributed by atoms with van der Waals surface area (Å²) in [6, 6.07) is 16.4.